The van der Waals surface area contributed by atoms with Gasteiger partial charge in [0.15, 0.2) is 0 Å². The minimum atomic E-state index is 0.170. The average molecular weight is 290 g/mol. The molecule has 0 bridgehead atoms. The maximum atomic E-state index is 6.06. The van der Waals surface area contributed by atoms with Gasteiger partial charge in [0.2, 0.25) is 0 Å². The molecule has 2 aromatic rings. The Hall–Kier alpha value is -1.61. The van der Waals surface area contributed by atoms with Crippen molar-refractivity contribution in [1.82, 2.24) is 9.97 Å². The second-order valence-corrected chi connectivity index (χ2v) is 5.14. The number of halogens is 1. The van der Waals surface area contributed by atoms with Crippen LogP contribution in [0.5, 0.6) is 0 Å². The molecule has 1 unspecified atom stereocenters. The highest BCUT2D eigenvalue weighted by Crippen LogP contribution is 2.11. The smallest absolute Gasteiger partial charge is 0.129 e. The molecule has 0 amide bonds. The second-order valence-electron chi connectivity index (χ2n) is 4.83. The Bertz CT molecular complexity index is 516. The summed E-state index contributed by atoms with van der Waals surface area (Å²) in [4.78, 5) is 8.53. The van der Waals surface area contributed by atoms with E-state index in [0.717, 1.165) is 30.8 Å². The predicted octanol–water partition coefficient (Wildman–Crippen LogP) is 3.69. The number of alkyl halides is 1. The highest BCUT2D eigenvalue weighted by Gasteiger charge is 2.09. The number of benzene rings is 1. The third-order valence-corrected chi connectivity index (χ3v) is 3.47. The highest BCUT2D eigenvalue weighted by molar-refractivity contribution is 6.18. The van der Waals surface area contributed by atoms with Crippen LogP contribution in [0.3, 0.4) is 0 Å². The molecule has 0 spiro atoms. The summed E-state index contributed by atoms with van der Waals surface area (Å²) in [5.74, 6) is 1.40. The lowest BCUT2D eigenvalue weighted by Crippen LogP contribution is -2.24. The van der Waals surface area contributed by atoms with Gasteiger partial charge in [0.1, 0.15) is 12.1 Å². The van der Waals surface area contributed by atoms with Crippen molar-refractivity contribution in [1.29, 1.82) is 0 Å². The molecule has 1 aromatic carbocycles. The van der Waals surface area contributed by atoms with Crippen molar-refractivity contribution in [3.05, 3.63) is 54.0 Å². The number of aryl methyl sites for hydroxylation is 1. The van der Waals surface area contributed by atoms with E-state index in [9.17, 15) is 0 Å². The van der Waals surface area contributed by atoms with Crippen LogP contribution in [0, 0.1) is 0 Å². The van der Waals surface area contributed by atoms with E-state index in [4.69, 9.17) is 11.6 Å². The van der Waals surface area contributed by atoms with Gasteiger partial charge in [-0.15, -0.1) is 11.6 Å². The Morgan fingerprint density at radius 1 is 1.20 bits per heavy atom. The fraction of sp³-hybridized carbons (Fsp3) is 0.375. The zero-order valence-electron chi connectivity index (χ0n) is 11.7. The molecule has 4 heteroatoms. The minimum Gasteiger partial charge on any atom is -0.366 e. The van der Waals surface area contributed by atoms with Gasteiger partial charge in [0.05, 0.1) is 0 Å². The molecule has 0 radical (unpaired) electrons. The van der Waals surface area contributed by atoms with Gasteiger partial charge in [-0.25, -0.2) is 9.97 Å². The van der Waals surface area contributed by atoms with Crippen LogP contribution in [0.15, 0.2) is 42.7 Å². The van der Waals surface area contributed by atoms with Crippen LogP contribution in [0.1, 0.15) is 24.6 Å². The van der Waals surface area contributed by atoms with E-state index in [1.807, 2.05) is 24.3 Å². The Morgan fingerprint density at radius 2 is 2.00 bits per heavy atom. The van der Waals surface area contributed by atoms with E-state index in [-0.39, 0.29) is 6.04 Å². The lowest BCUT2D eigenvalue weighted by atomic mass is 10.1. The lowest BCUT2D eigenvalue weighted by molar-refractivity contribution is 0.786. The van der Waals surface area contributed by atoms with E-state index >= 15 is 0 Å². The summed E-state index contributed by atoms with van der Waals surface area (Å²) < 4.78 is 0. The van der Waals surface area contributed by atoms with Crippen LogP contribution < -0.4 is 5.32 Å². The van der Waals surface area contributed by atoms with Gasteiger partial charge in [-0.1, -0.05) is 43.7 Å². The molecule has 1 aromatic heterocycles. The van der Waals surface area contributed by atoms with Gasteiger partial charge in [-0.2, -0.15) is 0 Å². The Morgan fingerprint density at radius 3 is 2.70 bits per heavy atom. The first-order valence-corrected chi connectivity index (χ1v) is 7.52. The van der Waals surface area contributed by atoms with Crippen molar-refractivity contribution in [3.8, 4) is 0 Å². The fourth-order valence-electron chi connectivity index (χ4n) is 2.12. The van der Waals surface area contributed by atoms with Crippen molar-refractivity contribution < 1.29 is 0 Å². The number of aromatic nitrogens is 2. The summed E-state index contributed by atoms with van der Waals surface area (Å²) in [6.07, 6.45) is 4.55. The van der Waals surface area contributed by atoms with E-state index < -0.39 is 0 Å². The molecule has 1 atom stereocenters. The largest absolute Gasteiger partial charge is 0.366 e. The van der Waals surface area contributed by atoms with Crippen molar-refractivity contribution in [2.24, 2.45) is 0 Å². The molecule has 0 aliphatic rings. The van der Waals surface area contributed by atoms with Gasteiger partial charge in [0, 0.05) is 23.7 Å². The number of nitrogens with one attached hydrogen (secondary N) is 1. The first kappa shape index (κ1) is 14.8. The lowest BCUT2D eigenvalue weighted by Gasteiger charge is -2.17. The Kier molecular flexibility index (Phi) is 5.81. The number of nitrogens with zero attached hydrogens (tertiary/aromatic N) is 2. The van der Waals surface area contributed by atoms with Crippen LogP contribution >= 0.6 is 11.6 Å². The maximum Gasteiger partial charge on any atom is 0.129 e. The van der Waals surface area contributed by atoms with Crippen LogP contribution in [0.25, 0.3) is 0 Å². The van der Waals surface area contributed by atoms with Crippen molar-refractivity contribution in [3.63, 3.8) is 0 Å². The monoisotopic (exact) mass is 289 g/mol. The first-order valence-electron chi connectivity index (χ1n) is 6.99. The predicted molar refractivity (Wildman–Crippen MR) is 84.3 cm³/mol. The SMILES string of the molecule is CCCc1cc(NC(CCl)Cc2ccccc2)ncn1. The molecule has 2 rings (SSSR count). The molecular formula is C16H20ClN3. The molecule has 0 saturated heterocycles. The van der Waals surface area contributed by atoms with E-state index in [0.29, 0.717) is 5.88 Å². The normalized spacial score (nSPS) is 12.1. The minimum absolute atomic E-state index is 0.170. The van der Waals surface area contributed by atoms with Crippen molar-refractivity contribution >= 4 is 17.4 Å². The summed E-state index contributed by atoms with van der Waals surface area (Å²) >= 11 is 6.06. The molecule has 20 heavy (non-hydrogen) atoms. The number of hydrogen-bond donors (Lipinski definition) is 1. The Balaban J connectivity index is 2.00. The quantitative estimate of drug-likeness (QED) is 0.790. The van der Waals surface area contributed by atoms with E-state index in [1.54, 1.807) is 6.33 Å². The van der Waals surface area contributed by atoms with Crippen LogP contribution in [-0.2, 0) is 12.8 Å². The van der Waals surface area contributed by atoms with Gasteiger partial charge in [-0.05, 0) is 18.4 Å². The summed E-state index contributed by atoms with van der Waals surface area (Å²) in [5.41, 5.74) is 2.34. The summed E-state index contributed by atoms with van der Waals surface area (Å²) in [6.45, 7) is 2.15. The molecule has 0 fully saturated rings. The van der Waals surface area contributed by atoms with Crippen molar-refractivity contribution in [2.75, 3.05) is 11.2 Å². The zero-order valence-corrected chi connectivity index (χ0v) is 12.5. The van der Waals surface area contributed by atoms with Crippen LogP contribution in [0.2, 0.25) is 0 Å². The number of hydrogen-bond acceptors (Lipinski definition) is 3. The average Bonchev–Trinajstić information content (AvgIpc) is 2.48. The topological polar surface area (TPSA) is 37.8 Å². The maximum absolute atomic E-state index is 6.06. The van der Waals surface area contributed by atoms with Gasteiger partial charge < -0.3 is 5.32 Å². The Labute approximate surface area is 125 Å². The highest BCUT2D eigenvalue weighted by atomic mass is 35.5. The molecule has 0 saturated carbocycles. The van der Waals surface area contributed by atoms with E-state index in [1.165, 1.54) is 5.56 Å². The molecule has 1 heterocycles. The number of anilines is 1. The third kappa shape index (κ3) is 4.49. The zero-order chi connectivity index (χ0) is 14.2. The van der Waals surface area contributed by atoms with Gasteiger partial charge in [-0.3, -0.25) is 0 Å². The molecule has 3 nitrogen and oxygen atoms in total. The van der Waals surface area contributed by atoms with E-state index in [2.05, 4.69) is 34.3 Å². The third-order valence-electron chi connectivity index (χ3n) is 3.09. The van der Waals surface area contributed by atoms with Crippen LogP contribution in [-0.4, -0.2) is 21.9 Å². The summed E-state index contributed by atoms with van der Waals surface area (Å²) in [5, 5.41) is 3.39. The number of rotatable bonds is 7. The molecular weight excluding hydrogens is 270 g/mol. The summed E-state index contributed by atoms with van der Waals surface area (Å²) in [6, 6.07) is 12.5. The first-order chi connectivity index (χ1) is 9.81. The molecule has 0 aliphatic carbocycles. The fourth-order valence-corrected chi connectivity index (χ4v) is 2.31. The summed E-state index contributed by atoms with van der Waals surface area (Å²) in [7, 11) is 0. The second kappa shape index (κ2) is 7.85. The molecule has 0 aliphatic heterocycles. The van der Waals surface area contributed by atoms with Crippen molar-refractivity contribution in [2.45, 2.75) is 32.2 Å². The van der Waals surface area contributed by atoms with Gasteiger partial charge in [0.25, 0.3) is 0 Å². The standard InChI is InChI=1S/C16H20ClN3/c1-2-6-14-10-16(19-12-18-14)20-15(11-17)9-13-7-4-3-5-8-13/h3-5,7-8,10,12,15H,2,6,9,11H2,1H3,(H,18,19,20). The molecule has 1 N–H and O–H groups in total. The van der Waals surface area contributed by atoms with Gasteiger partial charge >= 0.3 is 0 Å². The molecule has 106 valence electrons. The van der Waals surface area contributed by atoms with Crippen LogP contribution in [0.4, 0.5) is 5.82 Å².